The smallest absolute Gasteiger partial charge is 0.256 e. The largest absolute Gasteiger partial charge is 0.495 e. The van der Waals surface area contributed by atoms with E-state index in [4.69, 9.17) is 9.15 Å². The third kappa shape index (κ3) is 3.96. The van der Waals surface area contributed by atoms with Gasteiger partial charge in [-0.3, -0.25) is 4.79 Å². The van der Waals surface area contributed by atoms with Crippen molar-refractivity contribution in [1.29, 1.82) is 0 Å². The van der Waals surface area contributed by atoms with Gasteiger partial charge >= 0.3 is 0 Å². The summed E-state index contributed by atoms with van der Waals surface area (Å²) < 4.78 is 39.6. The average Bonchev–Trinajstić information content (AvgIpc) is 3.51. The predicted octanol–water partition coefficient (Wildman–Crippen LogP) is 2.57. The number of rotatable bonds is 7. The summed E-state index contributed by atoms with van der Waals surface area (Å²) in [5.74, 6) is 0.923. The van der Waals surface area contributed by atoms with E-state index in [1.165, 1.54) is 29.6 Å². The highest BCUT2D eigenvalue weighted by Gasteiger charge is 2.30. The molecule has 0 spiro atoms. The summed E-state index contributed by atoms with van der Waals surface area (Å²) in [6.45, 7) is 1.29. The van der Waals surface area contributed by atoms with Gasteiger partial charge in [0.2, 0.25) is 10.0 Å². The molecule has 1 amide bonds. The molecule has 1 aliphatic rings. The van der Waals surface area contributed by atoms with Crippen LogP contribution in [0.5, 0.6) is 5.75 Å². The van der Waals surface area contributed by atoms with E-state index in [9.17, 15) is 13.2 Å². The van der Waals surface area contributed by atoms with Crippen molar-refractivity contribution < 1.29 is 22.4 Å². The number of nitrogens with zero attached hydrogens (tertiary/aromatic N) is 3. The highest BCUT2D eigenvalue weighted by atomic mass is 32.2. The van der Waals surface area contributed by atoms with Gasteiger partial charge in [-0.2, -0.15) is 9.40 Å². The van der Waals surface area contributed by atoms with Gasteiger partial charge in [0.25, 0.3) is 5.91 Å². The minimum atomic E-state index is -3.74. The van der Waals surface area contributed by atoms with Crippen molar-refractivity contribution in [3.63, 3.8) is 0 Å². The molecule has 9 nitrogen and oxygen atoms in total. The normalized spacial score (nSPS) is 14.7. The molecule has 0 radical (unpaired) electrons. The topological polar surface area (TPSA) is 107 Å². The summed E-state index contributed by atoms with van der Waals surface area (Å²) in [6, 6.07) is 9.63. The minimum absolute atomic E-state index is 0.0105. The van der Waals surface area contributed by atoms with Crippen LogP contribution in [0.2, 0.25) is 0 Å². The van der Waals surface area contributed by atoms with Gasteiger partial charge in [-0.15, -0.1) is 0 Å². The van der Waals surface area contributed by atoms with Crippen LogP contribution >= 0.6 is 0 Å². The van der Waals surface area contributed by atoms with Gasteiger partial charge in [0, 0.05) is 24.7 Å². The number of amides is 1. The van der Waals surface area contributed by atoms with Gasteiger partial charge in [-0.1, -0.05) is 0 Å². The lowest BCUT2D eigenvalue weighted by molar-refractivity contribution is 0.102. The molecule has 158 valence electrons. The zero-order valence-corrected chi connectivity index (χ0v) is 17.3. The number of hydrogen-bond acceptors (Lipinski definition) is 6. The first kappa shape index (κ1) is 20.2. The molecule has 0 aliphatic carbocycles. The van der Waals surface area contributed by atoms with E-state index in [0.717, 1.165) is 12.8 Å². The van der Waals surface area contributed by atoms with E-state index >= 15 is 0 Å². The maximum atomic E-state index is 13.0. The third-order valence-corrected chi connectivity index (χ3v) is 6.87. The van der Waals surface area contributed by atoms with E-state index in [1.54, 1.807) is 29.3 Å². The van der Waals surface area contributed by atoms with Crippen molar-refractivity contribution in [2.45, 2.75) is 24.3 Å². The molecule has 0 atom stereocenters. The standard InChI is InChI=1S/C20H22N4O5S/c1-28-17-7-6-15(13-18(17)30(26,27)23-10-2-3-11-23)20(25)22-19-8-9-21-24(19)14-16-5-4-12-29-16/h4-9,12-13H,2-3,10-11,14H2,1H3,(H,22,25). The summed E-state index contributed by atoms with van der Waals surface area (Å²) in [4.78, 5) is 12.8. The summed E-state index contributed by atoms with van der Waals surface area (Å²) in [5, 5.41) is 6.97. The summed E-state index contributed by atoms with van der Waals surface area (Å²) in [6.07, 6.45) is 4.77. The maximum absolute atomic E-state index is 13.0. The van der Waals surface area contributed by atoms with E-state index in [-0.39, 0.29) is 16.2 Å². The lowest BCUT2D eigenvalue weighted by atomic mass is 10.2. The molecule has 3 heterocycles. The maximum Gasteiger partial charge on any atom is 0.256 e. The van der Waals surface area contributed by atoms with Gasteiger partial charge in [0.15, 0.2) is 0 Å². The number of methoxy groups -OCH3 is 1. The van der Waals surface area contributed by atoms with Crippen LogP contribution in [-0.2, 0) is 16.6 Å². The van der Waals surface area contributed by atoms with Crippen molar-refractivity contribution in [2.24, 2.45) is 0 Å². The second-order valence-electron chi connectivity index (χ2n) is 6.88. The van der Waals surface area contributed by atoms with Crippen molar-refractivity contribution in [3.05, 3.63) is 60.2 Å². The number of carbonyl (C=O) groups is 1. The number of carbonyl (C=O) groups excluding carboxylic acids is 1. The van der Waals surface area contributed by atoms with Gasteiger partial charge < -0.3 is 14.5 Å². The van der Waals surface area contributed by atoms with Crippen LogP contribution in [-0.4, -0.2) is 48.6 Å². The number of nitrogens with one attached hydrogen (secondary N) is 1. The molecule has 1 N–H and O–H groups in total. The van der Waals surface area contributed by atoms with Crippen LogP contribution in [0.1, 0.15) is 29.0 Å². The molecule has 0 saturated carbocycles. The van der Waals surface area contributed by atoms with Crippen LogP contribution in [0.15, 0.2) is 58.2 Å². The second-order valence-corrected chi connectivity index (χ2v) is 8.79. The lowest BCUT2D eigenvalue weighted by Crippen LogP contribution is -2.28. The Morgan fingerprint density at radius 3 is 2.73 bits per heavy atom. The molecule has 3 aromatic rings. The Morgan fingerprint density at radius 1 is 1.23 bits per heavy atom. The quantitative estimate of drug-likeness (QED) is 0.617. The van der Waals surface area contributed by atoms with Crippen LogP contribution in [0.4, 0.5) is 5.82 Å². The SMILES string of the molecule is COc1ccc(C(=O)Nc2ccnn2Cc2ccco2)cc1S(=O)(=O)N1CCCC1. The number of sulfonamides is 1. The Hall–Kier alpha value is -3.11. The molecule has 4 rings (SSSR count). The van der Waals surface area contributed by atoms with Gasteiger partial charge in [0.1, 0.15) is 28.8 Å². The molecular weight excluding hydrogens is 408 g/mol. The molecular formula is C20H22N4O5S. The zero-order chi connectivity index (χ0) is 21.1. The molecule has 2 aromatic heterocycles. The number of anilines is 1. The van der Waals surface area contributed by atoms with Gasteiger partial charge in [-0.05, 0) is 43.2 Å². The molecule has 1 aliphatic heterocycles. The molecule has 0 bridgehead atoms. The summed E-state index contributed by atoms with van der Waals surface area (Å²) in [5.41, 5.74) is 0.208. The molecule has 10 heteroatoms. The van der Waals surface area contributed by atoms with E-state index in [2.05, 4.69) is 10.4 Å². The van der Waals surface area contributed by atoms with Crippen LogP contribution < -0.4 is 10.1 Å². The Balaban J connectivity index is 1.59. The fraction of sp³-hybridized carbons (Fsp3) is 0.300. The van der Waals surface area contributed by atoms with Crippen LogP contribution in [0, 0.1) is 0 Å². The third-order valence-electron chi connectivity index (χ3n) is 4.95. The highest BCUT2D eigenvalue weighted by Crippen LogP contribution is 2.30. The minimum Gasteiger partial charge on any atom is -0.495 e. The van der Waals surface area contributed by atoms with Crippen molar-refractivity contribution in [1.82, 2.24) is 14.1 Å². The fourth-order valence-electron chi connectivity index (χ4n) is 3.39. The average molecular weight is 430 g/mol. The van der Waals surface area contributed by atoms with Crippen molar-refractivity contribution in [3.8, 4) is 5.75 Å². The second kappa shape index (κ2) is 8.33. The first-order valence-electron chi connectivity index (χ1n) is 9.53. The Bertz CT molecular complexity index is 1130. The number of aromatic nitrogens is 2. The van der Waals surface area contributed by atoms with Crippen molar-refractivity contribution >= 4 is 21.7 Å². The Morgan fingerprint density at radius 2 is 2.03 bits per heavy atom. The Labute approximate surface area is 174 Å². The lowest BCUT2D eigenvalue weighted by Gasteiger charge is -2.18. The van der Waals surface area contributed by atoms with E-state index in [0.29, 0.717) is 31.2 Å². The first-order valence-corrected chi connectivity index (χ1v) is 11.0. The fourth-order valence-corrected chi connectivity index (χ4v) is 5.09. The number of benzene rings is 1. The molecule has 30 heavy (non-hydrogen) atoms. The molecule has 1 aromatic carbocycles. The van der Waals surface area contributed by atoms with E-state index < -0.39 is 15.9 Å². The molecule has 1 fully saturated rings. The van der Waals surface area contributed by atoms with E-state index in [1.807, 2.05) is 6.07 Å². The Kier molecular flexibility index (Phi) is 5.60. The predicted molar refractivity (Wildman–Crippen MR) is 109 cm³/mol. The van der Waals surface area contributed by atoms with Gasteiger partial charge in [0.05, 0.1) is 19.6 Å². The monoisotopic (exact) mass is 430 g/mol. The molecule has 0 unspecified atom stereocenters. The first-order chi connectivity index (χ1) is 14.5. The van der Waals surface area contributed by atoms with Gasteiger partial charge in [-0.25, -0.2) is 13.1 Å². The zero-order valence-electron chi connectivity index (χ0n) is 16.4. The number of ether oxygens (including phenoxy) is 1. The number of hydrogen-bond donors (Lipinski definition) is 1. The van der Waals surface area contributed by atoms with Crippen LogP contribution in [0.3, 0.4) is 0 Å². The number of furan rings is 1. The summed E-state index contributed by atoms with van der Waals surface area (Å²) in [7, 11) is -2.34. The van der Waals surface area contributed by atoms with Crippen LogP contribution in [0.25, 0.3) is 0 Å². The summed E-state index contributed by atoms with van der Waals surface area (Å²) >= 11 is 0. The molecule has 1 saturated heterocycles. The highest BCUT2D eigenvalue weighted by molar-refractivity contribution is 7.89. The van der Waals surface area contributed by atoms with Crippen molar-refractivity contribution in [2.75, 3.05) is 25.5 Å².